The van der Waals surface area contributed by atoms with E-state index in [-0.39, 0.29) is 30.1 Å². The van der Waals surface area contributed by atoms with E-state index < -0.39 is 17.8 Å². The molecule has 2 aromatic heterocycles. The van der Waals surface area contributed by atoms with Crippen LogP contribution in [0.5, 0.6) is 6.01 Å². The number of nitrogens with two attached hydrogens (primary N) is 1. The number of β-amino-alcohol motifs (C(OH)–C–C–N with tert-alkyl or cyclic N) is 1. The van der Waals surface area contributed by atoms with Gasteiger partial charge in [-0.3, -0.25) is 4.90 Å². The molecule has 214 valence electrons. The second kappa shape index (κ2) is 9.11. The predicted molar refractivity (Wildman–Crippen MR) is 147 cm³/mol. The van der Waals surface area contributed by atoms with Gasteiger partial charge in [0.1, 0.15) is 23.8 Å². The highest BCUT2D eigenvalue weighted by Gasteiger charge is 2.53. The third-order valence-electron chi connectivity index (χ3n) is 9.88. The van der Waals surface area contributed by atoms with E-state index >= 15 is 0 Å². The summed E-state index contributed by atoms with van der Waals surface area (Å²) in [5, 5.41) is 31.0. The van der Waals surface area contributed by atoms with Crippen LogP contribution in [0.1, 0.15) is 55.0 Å². The average Bonchev–Trinajstić information content (AvgIpc) is 3.67. The molecule has 11 nitrogen and oxygen atoms in total. The molecule has 1 aliphatic carbocycles. The van der Waals surface area contributed by atoms with Crippen molar-refractivity contribution in [2.75, 3.05) is 61.5 Å². The largest absolute Gasteiger partial charge is 0.461 e. The van der Waals surface area contributed by atoms with Crippen LogP contribution >= 0.6 is 11.3 Å². The molecule has 40 heavy (non-hydrogen) atoms. The molecule has 4 atom stereocenters. The molecule has 0 aromatic carbocycles. The van der Waals surface area contributed by atoms with Gasteiger partial charge in [-0.05, 0) is 44.7 Å². The highest BCUT2D eigenvalue weighted by Crippen LogP contribution is 2.52. The number of rotatable bonds is 6. The Morgan fingerprint density at radius 2 is 2.00 bits per heavy atom. The number of nitriles is 1. The van der Waals surface area contributed by atoms with E-state index in [0.717, 1.165) is 37.8 Å². The summed E-state index contributed by atoms with van der Waals surface area (Å²) in [6, 6.07) is 2.48. The Morgan fingerprint density at radius 1 is 1.20 bits per heavy atom. The fourth-order valence-corrected chi connectivity index (χ4v) is 9.00. The van der Waals surface area contributed by atoms with E-state index in [1.165, 1.54) is 16.2 Å². The van der Waals surface area contributed by atoms with Crippen LogP contribution in [0.25, 0.3) is 0 Å². The third kappa shape index (κ3) is 3.87. The zero-order valence-electron chi connectivity index (χ0n) is 22.6. The van der Waals surface area contributed by atoms with Gasteiger partial charge in [-0.2, -0.15) is 20.2 Å². The lowest BCUT2D eigenvalue weighted by Crippen LogP contribution is -2.59. The van der Waals surface area contributed by atoms with Crippen LogP contribution in [0, 0.1) is 11.3 Å². The fraction of sp³-hybridized carbons (Fsp3) is 0.704. The summed E-state index contributed by atoms with van der Waals surface area (Å²) in [5.74, 6) is 0.798. The van der Waals surface area contributed by atoms with Gasteiger partial charge in [-0.15, -0.1) is 11.3 Å². The second-order valence-corrected chi connectivity index (χ2v) is 13.7. The number of ether oxygens (including phenoxy) is 1. The normalized spacial score (nSPS) is 32.4. The number of aliphatic hydroxyl groups excluding tert-OH is 2. The Bertz CT molecular complexity index is 1380. The molecular weight excluding hydrogens is 535 g/mol. The molecule has 0 unspecified atom stereocenters. The lowest BCUT2D eigenvalue weighted by Gasteiger charge is -2.48. The predicted octanol–water partition coefficient (Wildman–Crippen LogP) is 1.37. The van der Waals surface area contributed by atoms with Crippen LogP contribution in [0.3, 0.4) is 0 Å². The Kier molecular flexibility index (Phi) is 5.95. The minimum atomic E-state index is -0.859. The molecule has 6 heterocycles. The van der Waals surface area contributed by atoms with Crippen LogP contribution in [0.15, 0.2) is 0 Å². The number of nitrogen functional groups attached to an aromatic ring is 1. The quantitative estimate of drug-likeness (QED) is 0.462. The maximum atomic E-state index is 14.3. The van der Waals surface area contributed by atoms with Gasteiger partial charge in [0.05, 0.1) is 29.4 Å². The van der Waals surface area contributed by atoms with Crippen molar-refractivity contribution in [3.8, 4) is 12.1 Å². The molecule has 13 heteroatoms. The van der Waals surface area contributed by atoms with Gasteiger partial charge in [-0.25, -0.2) is 4.39 Å². The molecule has 0 bridgehead atoms. The van der Waals surface area contributed by atoms with Crippen molar-refractivity contribution < 1.29 is 19.3 Å². The van der Waals surface area contributed by atoms with Crippen molar-refractivity contribution in [3.63, 3.8) is 0 Å². The highest BCUT2D eigenvalue weighted by atomic mass is 32.1. The van der Waals surface area contributed by atoms with Crippen LogP contribution in [-0.4, -0.2) is 99.4 Å². The number of hydrogen-bond donors (Lipinski definition) is 3. The van der Waals surface area contributed by atoms with E-state index in [0.29, 0.717) is 61.5 Å². The minimum absolute atomic E-state index is 0.158. The SMILES string of the molecule is C[C@]1(CO)C[C@H](O)CN1c1nc(OC[C@@]23CCCN2C[C@H](F)C3)nc(N2CC3(CCc4sc(N)c(C#N)c43)C2)n1. The summed E-state index contributed by atoms with van der Waals surface area (Å²) >= 11 is 1.52. The zero-order chi connectivity index (χ0) is 27.9. The summed E-state index contributed by atoms with van der Waals surface area (Å²) in [5.41, 5.74) is 6.61. The van der Waals surface area contributed by atoms with Crippen molar-refractivity contribution in [2.45, 2.75) is 74.2 Å². The molecule has 7 rings (SSSR count). The number of fused-ring (bicyclic) bond motifs is 3. The number of nitrogens with zero attached hydrogens (tertiary/aromatic N) is 7. The van der Waals surface area contributed by atoms with E-state index in [1.807, 2.05) is 11.8 Å². The molecule has 4 saturated heterocycles. The third-order valence-corrected chi connectivity index (χ3v) is 11.0. The first-order chi connectivity index (χ1) is 19.2. The minimum Gasteiger partial charge on any atom is -0.461 e. The Labute approximate surface area is 236 Å². The van der Waals surface area contributed by atoms with Crippen molar-refractivity contribution in [1.29, 1.82) is 5.26 Å². The Morgan fingerprint density at radius 3 is 2.77 bits per heavy atom. The van der Waals surface area contributed by atoms with E-state index in [4.69, 9.17) is 20.4 Å². The van der Waals surface area contributed by atoms with Gasteiger partial charge in [0.15, 0.2) is 0 Å². The topological polar surface area (TPSA) is 148 Å². The number of alkyl halides is 1. The van der Waals surface area contributed by atoms with E-state index in [9.17, 15) is 19.9 Å². The molecule has 5 aliphatic rings. The van der Waals surface area contributed by atoms with Gasteiger partial charge >= 0.3 is 6.01 Å². The monoisotopic (exact) mass is 570 g/mol. The zero-order valence-corrected chi connectivity index (χ0v) is 23.5. The summed E-state index contributed by atoms with van der Waals surface area (Å²) < 4.78 is 20.6. The number of aromatic nitrogens is 3. The van der Waals surface area contributed by atoms with Gasteiger partial charge in [0, 0.05) is 49.3 Å². The van der Waals surface area contributed by atoms with Crippen LogP contribution in [-0.2, 0) is 11.8 Å². The maximum absolute atomic E-state index is 14.3. The lowest BCUT2D eigenvalue weighted by atomic mass is 9.74. The number of anilines is 3. The second-order valence-electron chi connectivity index (χ2n) is 12.6. The molecule has 4 N–H and O–H groups in total. The Hall–Kier alpha value is -2.79. The number of halogens is 1. The standard InChI is InChI=1S/C27H35FN8O3S/c1-25(14-37)8-17(38)11-36(25)23-31-22(32-24(33-23)39-15-27-4-2-6-35(27)10-16(28)7-27)34-12-26(13-34)5-3-19-20(26)18(9-29)21(30)40-19/h16-17,37-38H,2-8,10-15,30H2,1H3/t16-,17+,25-,27+/m1/s1. The van der Waals surface area contributed by atoms with Gasteiger partial charge in [-0.1, -0.05) is 0 Å². The number of hydrogen-bond acceptors (Lipinski definition) is 12. The molecule has 1 spiro atoms. The average molecular weight is 571 g/mol. The fourth-order valence-electron chi connectivity index (χ4n) is 7.86. The van der Waals surface area contributed by atoms with Crippen molar-refractivity contribution >= 4 is 28.2 Å². The highest BCUT2D eigenvalue weighted by molar-refractivity contribution is 7.16. The van der Waals surface area contributed by atoms with Crippen LogP contribution in [0.4, 0.5) is 21.3 Å². The molecule has 2 aromatic rings. The van der Waals surface area contributed by atoms with E-state index in [1.54, 1.807) is 0 Å². The molecule has 4 fully saturated rings. The first-order valence-corrected chi connectivity index (χ1v) is 14.9. The van der Waals surface area contributed by atoms with Crippen molar-refractivity contribution in [1.82, 2.24) is 19.9 Å². The smallest absolute Gasteiger partial charge is 0.323 e. The Balaban J connectivity index is 1.19. The molecule has 0 saturated carbocycles. The van der Waals surface area contributed by atoms with Gasteiger partial charge in [0.2, 0.25) is 11.9 Å². The molecule has 0 radical (unpaired) electrons. The van der Waals surface area contributed by atoms with Gasteiger partial charge < -0.3 is 30.5 Å². The summed E-state index contributed by atoms with van der Waals surface area (Å²) in [4.78, 5) is 21.4. The molecule has 4 aliphatic heterocycles. The summed E-state index contributed by atoms with van der Waals surface area (Å²) in [6.45, 7) is 4.90. The van der Waals surface area contributed by atoms with Crippen LogP contribution < -0.4 is 20.3 Å². The summed E-state index contributed by atoms with van der Waals surface area (Å²) in [6.07, 6.45) is 3.10. The summed E-state index contributed by atoms with van der Waals surface area (Å²) in [7, 11) is 0. The lowest BCUT2D eigenvalue weighted by molar-refractivity contribution is 0.107. The van der Waals surface area contributed by atoms with Gasteiger partial charge in [0.25, 0.3) is 0 Å². The molecule has 0 amide bonds. The van der Waals surface area contributed by atoms with Crippen molar-refractivity contribution in [2.24, 2.45) is 0 Å². The van der Waals surface area contributed by atoms with E-state index in [2.05, 4.69) is 20.9 Å². The number of aryl methyl sites for hydroxylation is 1. The maximum Gasteiger partial charge on any atom is 0.323 e. The first kappa shape index (κ1) is 26.1. The van der Waals surface area contributed by atoms with Crippen molar-refractivity contribution in [3.05, 3.63) is 16.0 Å². The number of aliphatic hydroxyl groups is 2. The number of thiophene rings is 1. The molecular formula is C27H35FN8O3S. The first-order valence-electron chi connectivity index (χ1n) is 14.1. The van der Waals surface area contributed by atoms with Crippen LogP contribution in [0.2, 0.25) is 0 Å².